The average Bonchev–Trinajstić information content (AvgIpc) is 2.33. The third-order valence-corrected chi connectivity index (χ3v) is 5.42. The second-order valence-corrected chi connectivity index (χ2v) is 7.42. The predicted molar refractivity (Wildman–Crippen MR) is 82.5 cm³/mol. The third kappa shape index (κ3) is 5.10. The summed E-state index contributed by atoms with van der Waals surface area (Å²) in [6.07, 6.45) is 6.54. The molecule has 0 radical (unpaired) electrons. The molecule has 0 spiro atoms. The molecule has 2 nitrogen and oxygen atoms in total. The molecular weight excluding hydrogens is 242 g/mol. The van der Waals surface area contributed by atoms with Crippen molar-refractivity contribution in [3.63, 3.8) is 0 Å². The fourth-order valence-corrected chi connectivity index (χ4v) is 4.49. The number of ether oxygens (including phenoxy) is 1. The van der Waals surface area contributed by atoms with Crippen molar-refractivity contribution >= 4 is 11.8 Å². The molecule has 1 saturated carbocycles. The Hall–Kier alpha value is 0.270. The molecule has 2 unspecified atom stereocenters. The molecule has 0 aliphatic heterocycles. The Morgan fingerprint density at radius 3 is 2.83 bits per heavy atom. The molecular formula is C15H31NOS. The summed E-state index contributed by atoms with van der Waals surface area (Å²) in [5, 5.41) is 4.59. The van der Waals surface area contributed by atoms with E-state index in [0.717, 1.165) is 18.4 Å². The lowest BCUT2D eigenvalue weighted by Crippen LogP contribution is -2.51. The Bertz CT molecular complexity index is 221. The maximum absolute atomic E-state index is 5.13. The summed E-state index contributed by atoms with van der Waals surface area (Å²) in [4.78, 5) is 0. The van der Waals surface area contributed by atoms with E-state index in [0.29, 0.717) is 11.5 Å². The summed E-state index contributed by atoms with van der Waals surface area (Å²) >= 11 is 2.16. The largest absolute Gasteiger partial charge is 0.385 e. The molecule has 0 amide bonds. The van der Waals surface area contributed by atoms with Gasteiger partial charge in [-0.05, 0) is 43.4 Å². The molecule has 1 aliphatic rings. The highest BCUT2D eigenvalue weighted by molar-refractivity contribution is 7.99. The highest BCUT2D eigenvalue weighted by atomic mass is 32.2. The summed E-state index contributed by atoms with van der Waals surface area (Å²) in [5.74, 6) is 1.24. The molecule has 0 saturated heterocycles. The second-order valence-electron chi connectivity index (χ2n) is 6.07. The molecule has 1 fully saturated rings. The minimum absolute atomic E-state index is 0.451. The van der Waals surface area contributed by atoms with Crippen molar-refractivity contribution in [2.24, 2.45) is 5.41 Å². The fourth-order valence-electron chi connectivity index (χ4n) is 2.91. The summed E-state index contributed by atoms with van der Waals surface area (Å²) in [5.41, 5.74) is 0.451. The van der Waals surface area contributed by atoms with Gasteiger partial charge < -0.3 is 10.1 Å². The van der Waals surface area contributed by atoms with Crippen molar-refractivity contribution in [2.75, 3.05) is 26.0 Å². The van der Waals surface area contributed by atoms with Gasteiger partial charge in [0, 0.05) is 25.0 Å². The lowest BCUT2D eigenvalue weighted by Gasteiger charge is -2.44. The highest BCUT2D eigenvalue weighted by Crippen LogP contribution is 2.40. The summed E-state index contributed by atoms with van der Waals surface area (Å²) < 4.78 is 5.13. The number of nitrogens with one attached hydrogen (secondary N) is 1. The van der Waals surface area contributed by atoms with Gasteiger partial charge in [0.05, 0.1) is 0 Å². The molecule has 1 aliphatic carbocycles. The molecule has 1 N–H and O–H groups in total. The van der Waals surface area contributed by atoms with E-state index in [1.165, 1.54) is 37.9 Å². The van der Waals surface area contributed by atoms with Crippen molar-refractivity contribution in [1.29, 1.82) is 0 Å². The van der Waals surface area contributed by atoms with Crippen LogP contribution < -0.4 is 5.32 Å². The maximum Gasteiger partial charge on any atom is 0.0470 e. The highest BCUT2D eigenvalue weighted by Gasteiger charge is 2.38. The first kappa shape index (κ1) is 16.3. The van der Waals surface area contributed by atoms with E-state index in [1.54, 1.807) is 7.11 Å². The van der Waals surface area contributed by atoms with Crippen LogP contribution >= 0.6 is 11.8 Å². The van der Waals surface area contributed by atoms with Crippen molar-refractivity contribution in [3.8, 4) is 0 Å². The van der Waals surface area contributed by atoms with Crippen LogP contribution in [0.25, 0.3) is 0 Å². The maximum atomic E-state index is 5.13. The van der Waals surface area contributed by atoms with E-state index in [1.807, 2.05) is 0 Å². The Kier molecular flexibility index (Phi) is 7.66. The van der Waals surface area contributed by atoms with Crippen LogP contribution in [0, 0.1) is 5.41 Å². The van der Waals surface area contributed by atoms with Gasteiger partial charge in [0.1, 0.15) is 0 Å². The molecule has 3 heteroatoms. The number of methoxy groups -OCH3 is 1. The second kappa shape index (κ2) is 8.44. The Balaban J connectivity index is 2.45. The first-order chi connectivity index (χ1) is 8.61. The molecule has 0 aromatic carbocycles. The SMILES string of the molecule is CCCNC1C(SCCCOC)CCCC1(C)C. The van der Waals surface area contributed by atoms with Gasteiger partial charge in [-0.15, -0.1) is 0 Å². The fraction of sp³-hybridized carbons (Fsp3) is 1.00. The van der Waals surface area contributed by atoms with Crippen LogP contribution in [-0.4, -0.2) is 37.3 Å². The van der Waals surface area contributed by atoms with Crippen LogP contribution in [0.3, 0.4) is 0 Å². The van der Waals surface area contributed by atoms with Gasteiger partial charge in [-0.25, -0.2) is 0 Å². The lowest BCUT2D eigenvalue weighted by molar-refractivity contribution is 0.174. The standard InChI is InChI=1S/C15H31NOS/c1-5-10-16-14-13(18-12-7-11-17-4)8-6-9-15(14,2)3/h13-14,16H,5-12H2,1-4H3. The zero-order valence-electron chi connectivity index (χ0n) is 12.6. The minimum Gasteiger partial charge on any atom is -0.385 e. The van der Waals surface area contributed by atoms with E-state index in [-0.39, 0.29) is 0 Å². The smallest absolute Gasteiger partial charge is 0.0470 e. The third-order valence-electron chi connectivity index (χ3n) is 3.96. The average molecular weight is 273 g/mol. The summed E-state index contributed by atoms with van der Waals surface area (Å²) in [6, 6.07) is 0.679. The monoisotopic (exact) mass is 273 g/mol. The van der Waals surface area contributed by atoms with E-state index in [2.05, 4.69) is 37.8 Å². The molecule has 108 valence electrons. The van der Waals surface area contributed by atoms with Gasteiger partial charge in [0.25, 0.3) is 0 Å². The number of thioether (sulfide) groups is 1. The lowest BCUT2D eigenvalue weighted by atomic mass is 9.73. The van der Waals surface area contributed by atoms with Crippen molar-refractivity contribution in [2.45, 2.75) is 64.2 Å². The Morgan fingerprint density at radius 2 is 2.17 bits per heavy atom. The molecule has 2 atom stereocenters. The number of hydrogen-bond donors (Lipinski definition) is 1. The van der Waals surface area contributed by atoms with Gasteiger partial charge in [-0.1, -0.05) is 27.2 Å². The quantitative estimate of drug-likeness (QED) is 0.681. The van der Waals surface area contributed by atoms with E-state index >= 15 is 0 Å². The first-order valence-electron chi connectivity index (χ1n) is 7.45. The van der Waals surface area contributed by atoms with E-state index in [4.69, 9.17) is 4.74 Å². The molecule has 0 heterocycles. The first-order valence-corrected chi connectivity index (χ1v) is 8.50. The van der Waals surface area contributed by atoms with Gasteiger partial charge in [0.15, 0.2) is 0 Å². The van der Waals surface area contributed by atoms with Gasteiger partial charge >= 0.3 is 0 Å². The van der Waals surface area contributed by atoms with Gasteiger partial charge in [0.2, 0.25) is 0 Å². The van der Waals surface area contributed by atoms with Gasteiger partial charge in [-0.3, -0.25) is 0 Å². The van der Waals surface area contributed by atoms with E-state index in [9.17, 15) is 0 Å². The van der Waals surface area contributed by atoms with Crippen LogP contribution in [0.1, 0.15) is 52.9 Å². The number of rotatable bonds is 8. The molecule has 1 rings (SSSR count). The van der Waals surface area contributed by atoms with Crippen molar-refractivity contribution in [1.82, 2.24) is 5.32 Å². The molecule has 18 heavy (non-hydrogen) atoms. The zero-order chi connectivity index (χ0) is 13.4. The number of hydrogen-bond acceptors (Lipinski definition) is 3. The minimum atomic E-state index is 0.451. The molecule has 0 bridgehead atoms. The van der Waals surface area contributed by atoms with Gasteiger partial charge in [-0.2, -0.15) is 11.8 Å². The van der Waals surface area contributed by atoms with Crippen LogP contribution in [0.2, 0.25) is 0 Å². The van der Waals surface area contributed by atoms with Crippen LogP contribution in [-0.2, 0) is 4.74 Å². The van der Waals surface area contributed by atoms with Crippen LogP contribution in [0.4, 0.5) is 0 Å². The zero-order valence-corrected chi connectivity index (χ0v) is 13.4. The summed E-state index contributed by atoms with van der Waals surface area (Å²) in [6.45, 7) is 9.17. The van der Waals surface area contributed by atoms with Crippen molar-refractivity contribution in [3.05, 3.63) is 0 Å². The van der Waals surface area contributed by atoms with E-state index < -0.39 is 0 Å². The Morgan fingerprint density at radius 1 is 1.39 bits per heavy atom. The topological polar surface area (TPSA) is 21.3 Å². The Labute approximate surface area is 118 Å². The van der Waals surface area contributed by atoms with Crippen LogP contribution in [0.5, 0.6) is 0 Å². The summed E-state index contributed by atoms with van der Waals surface area (Å²) in [7, 11) is 1.79. The molecule has 0 aromatic heterocycles. The van der Waals surface area contributed by atoms with Crippen molar-refractivity contribution < 1.29 is 4.74 Å². The predicted octanol–water partition coefficient (Wildman–Crippen LogP) is 3.70. The van der Waals surface area contributed by atoms with Crippen LogP contribution in [0.15, 0.2) is 0 Å². The normalized spacial score (nSPS) is 27.3. The molecule has 0 aromatic rings.